The van der Waals surface area contributed by atoms with Crippen molar-refractivity contribution in [1.82, 2.24) is 0 Å². The Morgan fingerprint density at radius 3 is 3.00 bits per heavy atom. The fourth-order valence-electron chi connectivity index (χ4n) is 1.95. The van der Waals surface area contributed by atoms with E-state index in [0.29, 0.717) is 6.61 Å². The molecule has 0 aliphatic carbocycles. The summed E-state index contributed by atoms with van der Waals surface area (Å²) in [6.07, 6.45) is -0.0105. The van der Waals surface area contributed by atoms with E-state index in [9.17, 15) is 4.79 Å². The average molecular weight is 202 g/mol. The van der Waals surface area contributed by atoms with Crippen LogP contribution in [0.5, 0.6) is 0 Å². The smallest absolute Gasteiger partial charge is 0.438 e. The summed E-state index contributed by atoms with van der Waals surface area (Å²) < 4.78 is 20.5. The average Bonchev–Trinajstić information content (AvgIpc) is 2.67. The van der Waals surface area contributed by atoms with Gasteiger partial charge in [-0.05, 0) is 6.92 Å². The predicted molar refractivity (Wildman–Crippen MR) is 46.0 cm³/mol. The molecule has 2 rings (SSSR count). The van der Waals surface area contributed by atoms with Crippen molar-refractivity contribution >= 4 is 6.16 Å². The molecule has 0 spiro atoms. The molecule has 2 aliphatic rings. The van der Waals surface area contributed by atoms with E-state index in [-0.39, 0.29) is 24.4 Å². The summed E-state index contributed by atoms with van der Waals surface area (Å²) in [4.78, 5) is 10.9. The van der Waals surface area contributed by atoms with Gasteiger partial charge in [0, 0.05) is 6.42 Å². The van der Waals surface area contributed by atoms with Crippen LogP contribution in [0.2, 0.25) is 0 Å². The van der Waals surface area contributed by atoms with Gasteiger partial charge in [0.25, 0.3) is 0 Å². The quantitative estimate of drug-likeness (QED) is 0.586. The minimum Gasteiger partial charge on any atom is -0.438 e. The first kappa shape index (κ1) is 9.73. The van der Waals surface area contributed by atoms with Gasteiger partial charge < -0.3 is 18.9 Å². The molecule has 2 heterocycles. The van der Waals surface area contributed by atoms with E-state index in [1.54, 1.807) is 0 Å². The molecule has 2 aliphatic heterocycles. The van der Waals surface area contributed by atoms with Crippen LogP contribution in [0.15, 0.2) is 0 Å². The van der Waals surface area contributed by atoms with Crippen molar-refractivity contribution in [2.75, 3.05) is 13.7 Å². The second-order valence-corrected chi connectivity index (χ2v) is 3.63. The summed E-state index contributed by atoms with van der Waals surface area (Å²) in [5.74, 6) is 0. The molecule has 0 aromatic carbocycles. The summed E-state index contributed by atoms with van der Waals surface area (Å²) in [5.41, 5.74) is 0. The van der Waals surface area contributed by atoms with Crippen molar-refractivity contribution in [3.63, 3.8) is 0 Å². The zero-order valence-corrected chi connectivity index (χ0v) is 8.26. The van der Waals surface area contributed by atoms with Crippen LogP contribution in [0.4, 0.5) is 4.79 Å². The highest BCUT2D eigenvalue weighted by Crippen LogP contribution is 2.32. The molecule has 0 N–H and O–H groups in total. The van der Waals surface area contributed by atoms with Crippen LogP contribution in [0.1, 0.15) is 13.3 Å². The number of fused-ring (bicyclic) bond motifs is 1. The van der Waals surface area contributed by atoms with E-state index in [1.165, 1.54) is 7.11 Å². The molecule has 0 aromatic heterocycles. The number of methoxy groups -OCH3 is 1. The number of carbonyl (C=O) groups excluding carboxylic acids is 1. The van der Waals surface area contributed by atoms with Gasteiger partial charge in [-0.15, -0.1) is 0 Å². The van der Waals surface area contributed by atoms with Gasteiger partial charge in [0.15, 0.2) is 6.10 Å². The van der Waals surface area contributed by atoms with Gasteiger partial charge in [0.2, 0.25) is 0 Å². The largest absolute Gasteiger partial charge is 0.508 e. The summed E-state index contributed by atoms with van der Waals surface area (Å²) in [7, 11) is 1.29. The van der Waals surface area contributed by atoms with Crippen LogP contribution >= 0.6 is 0 Å². The van der Waals surface area contributed by atoms with Crippen LogP contribution in [-0.4, -0.2) is 44.3 Å². The van der Waals surface area contributed by atoms with Gasteiger partial charge in [-0.1, -0.05) is 0 Å². The fraction of sp³-hybridized carbons (Fsp3) is 0.889. The second kappa shape index (κ2) is 3.74. The third kappa shape index (κ3) is 1.69. The van der Waals surface area contributed by atoms with Crippen molar-refractivity contribution in [2.45, 2.75) is 37.8 Å². The Morgan fingerprint density at radius 1 is 1.50 bits per heavy atom. The Bertz CT molecular complexity index is 229. The van der Waals surface area contributed by atoms with Crippen LogP contribution in [0, 0.1) is 0 Å². The molecule has 80 valence electrons. The van der Waals surface area contributed by atoms with Crippen molar-refractivity contribution in [1.29, 1.82) is 0 Å². The van der Waals surface area contributed by atoms with E-state index in [4.69, 9.17) is 14.2 Å². The molecule has 0 amide bonds. The van der Waals surface area contributed by atoms with Crippen LogP contribution in [0.3, 0.4) is 0 Å². The highest BCUT2D eigenvalue weighted by molar-refractivity contribution is 5.59. The first-order chi connectivity index (χ1) is 6.70. The monoisotopic (exact) mass is 202 g/mol. The molecule has 2 unspecified atom stereocenters. The number of hydrogen-bond acceptors (Lipinski definition) is 5. The van der Waals surface area contributed by atoms with Gasteiger partial charge in [0.05, 0.1) is 25.9 Å². The van der Waals surface area contributed by atoms with Gasteiger partial charge in [-0.25, -0.2) is 4.79 Å². The normalized spacial score (nSPS) is 40.7. The lowest BCUT2D eigenvalue weighted by Gasteiger charge is -2.16. The van der Waals surface area contributed by atoms with E-state index < -0.39 is 6.16 Å². The Kier molecular flexibility index (Phi) is 2.60. The van der Waals surface area contributed by atoms with Crippen molar-refractivity contribution in [3.05, 3.63) is 0 Å². The molecule has 2 saturated heterocycles. The zero-order valence-electron chi connectivity index (χ0n) is 8.26. The molecule has 5 heteroatoms. The summed E-state index contributed by atoms with van der Waals surface area (Å²) >= 11 is 0. The molecular formula is C9H14O5. The van der Waals surface area contributed by atoms with Gasteiger partial charge in [-0.2, -0.15) is 0 Å². The molecular weight excluding hydrogens is 188 g/mol. The molecule has 4 atom stereocenters. The summed E-state index contributed by atoms with van der Waals surface area (Å²) in [6, 6.07) is 0. The molecule has 2 fully saturated rings. The Hall–Kier alpha value is -0.810. The van der Waals surface area contributed by atoms with Crippen molar-refractivity contribution < 1.29 is 23.7 Å². The predicted octanol–water partition coefficient (Wildman–Crippen LogP) is 0.714. The van der Waals surface area contributed by atoms with Crippen molar-refractivity contribution in [3.8, 4) is 0 Å². The summed E-state index contributed by atoms with van der Waals surface area (Å²) in [5, 5.41) is 0. The van der Waals surface area contributed by atoms with Gasteiger partial charge in [0.1, 0.15) is 6.10 Å². The van der Waals surface area contributed by atoms with E-state index in [2.05, 4.69) is 4.74 Å². The van der Waals surface area contributed by atoms with Crippen LogP contribution in [0.25, 0.3) is 0 Å². The lowest BCUT2D eigenvalue weighted by molar-refractivity contribution is -0.0390. The Morgan fingerprint density at radius 2 is 2.29 bits per heavy atom. The molecule has 0 radical (unpaired) electrons. The maximum atomic E-state index is 10.9. The highest BCUT2D eigenvalue weighted by Gasteiger charge is 2.46. The zero-order chi connectivity index (χ0) is 10.1. The van der Waals surface area contributed by atoms with Gasteiger partial charge >= 0.3 is 6.16 Å². The highest BCUT2D eigenvalue weighted by atomic mass is 16.7. The maximum absolute atomic E-state index is 10.9. The molecule has 14 heavy (non-hydrogen) atoms. The first-order valence-electron chi connectivity index (χ1n) is 4.72. The third-order valence-corrected chi connectivity index (χ3v) is 2.58. The van der Waals surface area contributed by atoms with Crippen LogP contribution in [-0.2, 0) is 18.9 Å². The summed E-state index contributed by atoms with van der Waals surface area (Å²) in [6.45, 7) is 2.38. The molecule has 0 aromatic rings. The first-order valence-corrected chi connectivity index (χ1v) is 4.72. The maximum Gasteiger partial charge on any atom is 0.508 e. The molecule has 0 saturated carbocycles. The SMILES string of the molecule is COC(=O)OC1CO[C@@H]2CC(C)O[C@H]12. The minimum atomic E-state index is -0.678. The fourth-order valence-corrected chi connectivity index (χ4v) is 1.95. The second-order valence-electron chi connectivity index (χ2n) is 3.63. The topological polar surface area (TPSA) is 54.0 Å². The molecule has 5 nitrogen and oxygen atoms in total. The third-order valence-electron chi connectivity index (χ3n) is 2.58. The van der Waals surface area contributed by atoms with Gasteiger partial charge in [-0.3, -0.25) is 0 Å². The lowest BCUT2D eigenvalue weighted by atomic mass is 10.1. The molecule has 0 bridgehead atoms. The Labute approximate surface area is 82.3 Å². The van der Waals surface area contributed by atoms with Crippen molar-refractivity contribution in [2.24, 2.45) is 0 Å². The number of ether oxygens (including phenoxy) is 4. The van der Waals surface area contributed by atoms with E-state index in [0.717, 1.165) is 6.42 Å². The standard InChI is InChI=1S/C9H14O5/c1-5-3-6-8(13-5)7(4-12-6)14-9(10)11-2/h5-8H,3-4H2,1-2H3/t5?,6-,7?,8+/m1/s1. The van der Waals surface area contributed by atoms with E-state index >= 15 is 0 Å². The van der Waals surface area contributed by atoms with Crippen LogP contribution < -0.4 is 0 Å². The minimum absolute atomic E-state index is 0.0691. The van der Waals surface area contributed by atoms with E-state index in [1.807, 2.05) is 6.92 Å². The Balaban J connectivity index is 1.92. The number of carbonyl (C=O) groups is 1. The lowest BCUT2D eigenvalue weighted by Crippen LogP contribution is -2.32. The number of hydrogen-bond donors (Lipinski definition) is 0. The number of rotatable bonds is 1.